The summed E-state index contributed by atoms with van der Waals surface area (Å²) in [7, 11) is -1.86. The standard InChI is InChI=1S/C13H13BrFN3O4S/c1-7-11(12(19)18(3)13(20)17(7)2)23(21,22)16-10-5-4-8(14)6-9(10)15/h4-6,16H,1-3H3. The van der Waals surface area contributed by atoms with Gasteiger partial charge in [0.05, 0.1) is 5.69 Å². The number of benzene rings is 1. The lowest BCUT2D eigenvalue weighted by Crippen LogP contribution is -2.42. The highest BCUT2D eigenvalue weighted by molar-refractivity contribution is 9.10. The summed E-state index contributed by atoms with van der Waals surface area (Å²) < 4.78 is 43.0. The summed E-state index contributed by atoms with van der Waals surface area (Å²) in [6, 6.07) is 3.76. The zero-order valence-electron chi connectivity index (χ0n) is 12.4. The molecule has 23 heavy (non-hydrogen) atoms. The number of anilines is 1. The summed E-state index contributed by atoms with van der Waals surface area (Å²) in [6.07, 6.45) is 0. The van der Waals surface area contributed by atoms with E-state index in [2.05, 4.69) is 15.9 Å². The van der Waals surface area contributed by atoms with Gasteiger partial charge in [0.1, 0.15) is 5.82 Å². The van der Waals surface area contributed by atoms with Gasteiger partial charge in [-0.3, -0.25) is 18.7 Å². The van der Waals surface area contributed by atoms with E-state index in [-0.39, 0.29) is 11.4 Å². The predicted molar refractivity (Wildman–Crippen MR) is 86.6 cm³/mol. The second-order valence-electron chi connectivity index (χ2n) is 4.85. The van der Waals surface area contributed by atoms with Crippen LogP contribution in [0.5, 0.6) is 0 Å². The third-order valence-corrected chi connectivity index (χ3v) is 5.34. The molecule has 2 aromatic rings. The first kappa shape index (κ1) is 17.4. The molecule has 0 saturated carbocycles. The van der Waals surface area contributed by atoms with Crippen molar-refractivity contribution in [2.24, 2.45) is 14.1 Å². The lowest BCUT2D eigenvalue weighted by atomic mass is 10.3. The van der Waals surface area contributed by atoms with Crippen molar-refractivity contribution in [2.75, 3.05) is 4.72 Å². The molecule has 0 aliphatic rings. The first-order valence-electron chi connectivity index (χ1n) is 6.30. The van der Waals surface area contributed by atoms with Crippen molar-refractivity contribution >= 4 is 31.6 Å². The van der Waals surface area contributed by atoms with E-state index in [0.29, 0.717) is 9.04 Å². The van der Waals surface area contributed by atoms with E-state index in [1.54, 1.807) is 0 Å². The Bertz CT molecular complexity index is 1010. The van der Waals surface area contributed by atoms with E-state index < -0.39 is 32.0 Å². The van der Waals surface area contributed by atoms with Crippen molar-refractivity contribution in [3.63, 3.8) is 0 Å². The van der Waals surface area contributed by atoms with Crippen LogP contribution in [0.15, 0.2) is 37.2 Å². The van der Waals surface area contributed by atoms with Crippen LogP contribution in [0, 0.1) is 12.7 Å². The maximum absolute atomic E-state index is 13.8. The van der Waals surface area contributed by atoms with Gasteiger partial charge in [0.25, 0.3) is 15.6 Å². The number of nitrogens with zero attached hydrogens (tertiary/aromatic N) is 2. The fraction of sp³-hybridized carbons (Fsp3) is 0.231. The lowest BCUT2D eigenvalue weighted by molar-refractivity contribution is 0.582. The van der Waals surface area contributed by atoms with Crippen molar-refractivity contribution in [1.29, 1.82) is 0 Å². The Kier molecular flexibility index (Phi) is 4.49. The summed E-state index contributed by atoms with van der Waals surface area (Å²) in [6.45, 7) is 1.33. The van der Waals surface area contributed by atoms with Crippen LogP contribution in [0.3, 0.4) is 0 Å². The predicted octanol–water partition coefficient (Wildman–Crippen LogP) is 1.09. The van der Waals surface area contributed by atoms with Gasteiger partial charge in [-0.2, -0.15) is 0 Å². The number of aromatic nitrogens is 2. The summed E-state index contributed by atoms with van der Waals surface area (Å²) in [5.74, 6) is -0.803. The molecule has 124 valence electrons. The first-order chi connectivity index (χ1) is 10.6. The van der Waals surface area contributed by atoms with Gasteiger partial charge in [-0.1, -0.05) is 15.9 Å². The number of sulfonamides is 1. The highest BCUT2D eigenvalue weighted by Gasteiger charge is 2.26. The van der Waals surface area contributed by atoms with E-state index in [4.69, 9.17) is 0 Å². The summed E-state index contributed by atoms with van der Waals surface area (Å²) in [5.41, 5.74) is -1.97. The van der Waals surface area contributed by atoms with Gasteiger partial charge < -0.3 is 0 Å². The maximum atomic E-state index is 13.8. The third kappa shape index (κ3) is 3.08. The molecule has 0 radical (unpaired) electrons. The van der Waals surface area contributed by atoms with Crippen LogP contribution in [0.4, 0.5) is 10.1 Å². The van der Waals surface area contributed by atoms with Gasteiger partial charge in [0.2, 0.25) is 0 Å². The van der Waals surface area contributed by atoms with Crippen LogP contribution >= 0.6 is 15.9 Å². The van der Waals surface area contributed by atoms with Gasteiger partial charge in [-0.25, -0.2) is 17.6 Å². The average Bonchev–Trinajstić information content (AvgIpc) is 2.46. The van der Waals surface area contributed by atoms with Crippen LogP contribution in [0.2, 0.25) is 0 Å². The molecule has 1 aromatic heterocycles. The maximum Gasteiger partial charge on any atom is 0.330 e. The number of hydrogen-bond donors (Lipinski definition) is 1. The molecular formula is C13H13BrFN3O4S. The van der Waals surface area contributed by atoms with Gasteiger partial charge in [-0.05, 0) is 25.1 Å². The number of rotatable bonds is 3. The zero-order valence-corrected chi connectivity index (χ0v) is 14.8. The molecule has 10 heteroatoms. The molecule has 0 aliphatic heterocycles. The quantitative estimate of drug-likeness (QED) is 0.827. The minimum Gasteiger partial charge on any atom is -0.300 e. The lowest BCUT2D eigenvalue weighted by Gasteiger charge is -2.14. The SMILES string of the molecule is Cc1c(S(=O)(=O)Nc2ccc(Br)cc2F)c(=O)n(C)c(=O)n1C. The minimum atomic E-state index is -4.37. The van der Waals surface area contributed by atoms with E-state index in [9.17, 15) is 22.4 Å². The van der Waals surface area contributed by atoms with Crippen LogP contribution < -0.4 is 16.0 Å². The Hall–Kier alpha value is -1.94. The largest absolute Gasteiger partial charge is 0.330 e. The Morgan fingerprint density at radius 2 is 1.78 bits per heavy atom. The Labute approximate surface area is 139 Å². The van der Waals surface area contributed by atoms with Crippen molar-refractivity contribution in [3.05, 3.63) is 55.0 Å². The second kappa shape index (κ2) is 5.93. The topological polar surface area (TPSA) is 90.2 Å². The van der Waals surface area contributed by atoms with E-state index in [1.165, 1.54) is 33.2 Å². The molecule has 0 fully saturated rings. The van der Waals surface area contributed by atoms with Crippen LogP contribution in [-0.4, -0.2) is 17.6 Å². The zero-order chi connectivity index (χ0) is 17.5. The van der Waals surface area contributed by atoms with Gasteiger partial charge in [-0.15, -0.1) is 0 Å². The Balaban J connectivity index is 2.66. The molecule has 0 bridgehead atoms. The van der Waals surface area contributed by atoms with Gasteiger partial charge in [0, 0.05) is 24.3 Å². The van der Waals surface area contributed by atoms with Crippen molar-refractivity contribution in [3.8, 4) is 0 Å². The molecule has 7 nitrogen and oxygen atoms in total. The molecule has 0 aliphatic carbocycles. The van der Waals surface area contributed by atoms with Crippen molar-refractivity contribution in [2.45, 2.75) is 11.8 Å². The fourth-order valence-corrected chi connectivity index (χ4v) is 3.78. The van der Waals surface area contributed by atoms with E-state index in [0.717, 1.165) is 10.6 Å². The highest BCUT2D eigenvalue weighted by atomic mass is 79.9. The Morgan fingerprint density at radius 1 is 1.17 bits per heavy atom. The minimum absolute atomic E-state index is 0.0388. The van der Waals surface area contributed by atoms with Crippen LogP contribution in [0.25, 0.3) is 0 Å². The van der Waals surface area contributed by atoms with Crippen LogP contribution in [-0.2, 0) is 24.1 Å². The van der Waals surface area contributed by atoms with Gasteiger partial charge >= 0.3 is 5.69 Å². The molecule has 2 rings (SSSR count). The normalized spacial score (nSPS) is 11.5. The molecule has 1 aromatic carbocycles. The van der Waals surface area contributed by atoms with E-state index >= 15 is 0 Å². The van der Waals surface area contributed by atoms with Crippen molar-refractivity contribution < 1.29 is 12.8 Å². The molecule has 0 atom stereocenters. The Morgan fingerprint density at radius 3 is 2.35 bits per heavy atom. The smallest absolute Gasteiger partial charge is 0.300 e. The molecule has 0 amide bonds. The average molecular weight is 406 g/mol. The summed E-state index contributed by atoms with van der Waals surface area (Å²) in [4.78, 5) is 23.3. The molecule has 1 N–H and O–H groups in total. The molecular weight excluding hydrogens is 393 g/mol. The highest BCUT2D eigenvalue weighted by Crippen LogP contribution is 2.22. The summed E-state index contributed by atoms with van der Waals surface area (Å²) in [5, 5.41) is 0. The van der Waals surface area contributed by atoms with Crippen LogP contribution in [0.1, 0.15) is 5.69 Å². The fourth-order valence-electron chi connectivity index (χ4n) is 1.99. The van der Waals surface area contributed by atoms with E-state index in [1.807, 2.05) is 4.72 Å². The van der Waals surface area contributed by atoms with Crippen molar-refractivity contribution in [1.82, 2.24) is 9.13 Å². The molecule has 0 saturated heterocycles. The van der Waals surface area contributed by atoms with Gasteiger partial charge in [0.15, 0.2) is 4.90 Å². The monoisotopic (exact) mass is 405 g/mol. The first-order valence-corrected chi connectivity index (χ1v) is 8.58. The summed E-state index contributed by atoms with van der Waals surface area (Å²) >= 11 is 3.06. The molecule has 0 spiro atoms. The number of halogens is 2. The number of nitrogens with one attached hydrogen (secondary N) is 1. The second-order valence-corrected chi connectivity index (χ2v) is 7.38. The third-order valence-electron chi connectivity index (χ3n) is 3.35. The molecule has 1 heterocycles. The number of hydrogen-bond acceptors (Lipinski definition) is 4. The molecule has 0 unspecified atom stereocenters.